The molecule has 0 radical (unpaired) electrons. The molecule has 0 heterocycles. The molecule has 2 aromatic carbocycles. The summed E-state index contributed by atoms with van der Waals surface area (Å²) in [5.41, 5.74) is 0.328. The molecule has 0 bridgehead atoms. The fourth-order valence-electron chi connectivity index (χ4n) is 1.56. The smallest absolute Gasteiger partial charge is 0.264 e. The van der Waals surface area contributed by atoms with Crippen LogP contribution in [-0.2, 0) is 10.0 Å². The maximum Gasteiger partial charge on any atom is 0.264 e. The molecule has 0 atom stereocenters. The van der Waals surface area contributed by atoms with E-state index in [1.54, 1.807) is 18.2 Å². The lowest BCUT2D eigenvalue weighted by molar-refractivity contribution is 0.0982. The van der Waals surface area contributed by atoms with Gasteiger partial charge in [-0.15, -0.1) is 24.8 Å². The van der Waals surface area contributed by atoms with Crippen LogP contribution >= 0.6 is 24.8 Å². The first-order valence-electron chi connectivity index (χ1n) is 4.97. The number of halogens is 2. The van der Waals surface area contributed by atoms with Gasteiger partial charge in [-0.1, -0.05) is 30.3 Å². The van der Waals surface area contributed by atoms with Gasteiger partial charge in [0.25, 0.3) is 5.91 Å². The van der Waals surface area contributed by atoms with E-state index in [1.165, 1.54) is 0 Å². The maximum absolute atomic E-state index is 11.6. The molecule has 0 unspecified atom stereocenters. The maximum atomic E-state index is 11.6. The minimum atomic E-state index is -3.52. The molecular formula is C12H13Cl2NO3S. The molecule has 19 heavy (non-hydrogen) atoms. The van der Waals surface area contributed by atoms with Crippen LogP contribution in [0.4, 0.5) is 0 Å². The van der Waals surface area contributed by atoms with Crippen molar-refractivity contribution < 1.29 is 13.2 Å². The number of nitrogens with one attached hydrogen (secondary N) is 1. The van der Waals surface area contributed by atoms with E-state index in [9.17, 15) is 13.2 Å². The number of benzene rings is 2. The van der Waals surface area contributed by atoms with Crippen LogP contribution in [0.5, 0.6) is 0 Å². The highest BCUT2D eigenvalue weighted by molar-refractivity contribution is 7.89. The average molecular weight is 322 g/mol. The Bertz CT molecular complexity index is 686. The van der Waals surface area contributed by atoms with Crippen molar-refractivity contribution in [1.29, 1.82) is 0 Å². The van der Waals surface area contributed by atoms with Gasteiger partial charge in [0, 0.05) is 5.56 Å². The molecule has 4 nitrogen and oxygen atoms in total. The molecule has 0 saturated carbocycles. The minimum Gasteiger partial charge on any atom is -0.268 e. The molecule has 7 heteroatoms. The highest BCUT2D eigenvalue weighted by atomic mass is 35.5. The number of hydrogen-bond donors (Lipinski definition) is 1. The van der Waals surface area contributed by atoms with Gasteiger partial charge in [-0.3, -0.25) is 4.79 Å². The van der Waals surface area contributed by atoms with Gasteiger partial charge in [0.1, 0.15) is 0 Å². The van der Waals surface area contributed by atoms with Gasteiger partial charge in [-0.05, 0) is 22.9 Å². The normalized spacial score (nSPS) is 10.2. The number of carbonyl (C=O) groups is 1. The first-order valence-corrected chi connectivity index (χ1v) is 6.86. The Morgan fingerprint density at radius 1 is 1.00 bits per heavy atom. The lowest BCUT2D eigenvalue weighted by Crippen LogP contribution is -2.29. The lowest BCUT2D eigenvalue weighted by atomic mass is 10.1. The molecule has 0 aromatic heterocycles. The predicted molar refractivity (Wildman–Crippen MR) is 80.8 cm³/mol. The summed E-state index contributed by atoms with van der Waals surface area (Å²) in [6.07, 6.45) is 0.950. The zero-order valence-electron chi connectivity index (χ0n) is 9.99. The van der Waals surface area contributed by atoms with Gasteiger partial charge in [0.2, 0.25) is 10.0 Å². The molecule has 0 aliphatic carbocycles. The second-order valence-electron chi connectivity index (χ2n) is 3.77. The van der Waals surface area contributed by atoms with Crippen molar-refractivity contribution in [3.05, 3.63) is 48.0 Å². The van der Waals surface area contributed by atoms with E-state index in [-0.39, 0.29) is 24.8 Å². The molecule has 0 spiro atoms. The van der Waals surface area contributed by atoms with E-state index >= 15 is 0 Å². The SMILES string of the molecule is CS(=O)(=O)NC(=O)c1ccc2ccccc2c1.Cl.Cl. The average Bonchev–Trinajstić information content (AvgIpc) is 2.26. The summed E-state index contributed by atoms with van der Waals surface area (Å²) >= 11 is 0. The summed E-state index contributed by atoms with van der Waals surface area (Å²) in [6.45, 7) is 0. The number of hydrogen-bond acceptors (Lipinski definition) is 3. The van der Waals surface area contributed by atoms with Gasteiger partial charge in [-0.25, -0.2) is 13.1 Å². The second kappa shape index (κ2) is 6.75. The summed E-state index contributed by atoms with van der Waals surface area (Å²) in [7, 11) is -3.52. The van der Waals surface area contributed by atoms with Gasteiger partial charge in [-0.2, -0.15) is 0 Å². The van der Waals surface area contributed by atoms with Crippen molar-refractivity contribution in [1.82, 2.24) is 4.72 Å². The molecule has 1 amide bonds. The van der Waals surface area contributed by atoms with Crippen LogP contribution in [-0.4, -0.2) is 20.6 Å². The molecule has 0 fully saturated rings. The zero-order valence-corrected chi connectivity index (χ0v) is 12.4. The first-order chi connectivity index (χ1) is 7.96. The Hall–Kier alpha value is -1.30. The number of carbonyl (C=O) groups excluding carboxylic acids is 1. The first kappa shape index (κ1) is 17.7. The predicted octanol–water partition coefficient (Wildman–Crippen LogP) is 2.37. The van der Waals surface area contributed by atoms with Gasteiger partial charge in [0.15, 0.2) is 0 Å². The Balaban J connectivity index is 0.00000162. The quantitative estimate of drug-likeness (QED) is 0.923. The van der Waals surface area contributed by atoms with Crippen molar-refractivity contribution >= 4 is 51.5 Å². The highest BCUT2D eigenvalue weighted by Crippen LogP contribution is 2.15. The number of rotatable bonds is 2. The summed E-state index contributed by atoms with van der Waals surface area (Å²) in [4.78, 5) is 11.6. The van der Waals surface area contributed by atoms with Crippen LogP contribution in [0.25, 0.3) is 10.8 Å². The summed E-state index contributed by atoms with van der Waals surface area (Å²) < 4.78 is 23.8. The van der Waals surface area contributed by atoms with Crippen LogP contribution in [0.2, 0.25) is 0 Å². The summed E-state index contributed by atoms with van der Waals surface area (Å²) in [6, 6.07) is 12.6. The van der Waals surface area contributed by atoms with Crippen molar-refractivity contribution in [2.24, 2.45) is 0 Å². The standard InChI is InChI=1S/C12H11NO3S.2ClH/c1-17(15,16)13-12(14)11-7-6-9-4-2-3-5-10(9)8-11;;/h2-8H,1H3,(H,13,14);2*1H. The molecule has 2 rings (SSSR count). The largest absolute Gasteiger partial charge is 0.268 e. The fraction of sp³-hybridized carbons (Fsp3) is 0.0833. The minimum absolute atomic E-state index is 0. The van der Waals surface area contributed by atoms with Crippen LogP contribution in [0.15, 0.2) is 42.5 Å². The molecule has 0 saturated heterocycles. The number of fused-ring (bicyclic) bond motifs is 1. The molecular weight excluding hydrogens is 309 g/mol. The third kappa shape index (κ3) is 4.70. The number of sulfonamides is 1. The topological polar surface area (TPSA) is 63.2 Å². The molecule has 104 valence electrons. The van der Waals surface area contributed by atoms with Crippen molar-refractivity contribution in [2.75, 3.05) is 6.26 Å². The Kier molecular flexibility index (Phi) is 6.29. The lowest BCUT2D eigenvalue weighted by Gasteiger charge is -2.04. The third-order valence-electron chi connectivity index (χ3n) is 2.29. The second-order valence-corrected chi connectivity index (χ2v) is 5.51. The molecule has 2 aromatic rings. The van der Waals surface area contributed by atoms with E-state index in [2.05, 4.69) is 0 Å². The van der Waals surface area contributed by atoms with E-state index in [4.69, 9.17) is 0 Å². The van der Waals surface area contributed by atoms with Crippen LogP contribution in [0, 0.1) is 0 Å². The van der Waals surface area contributed by atoms with Crippen LogP contribution in [0.1, 0.15) is 10.4 Å². The van der Waals surface area contributed by atoms with E-state index in [1.807, 2.05) is 29.0 Å². The highest BCUT2D eigenvalue weighted by Gasteiger charge is 2.10. The Morgan fingerprint density at radius 2 is 1.58 bits per heavy atom. The zero-order chi connectivity index (χ0) is 12.5. The molecule has 0 aliphatic rings. The van der Waals surface area contributed by atoms with Gasteiger partial charge in [0.05, 0.1) is 6.26 Å². The van der Waals surface area contributed by atoms with Crippen molar-refractivity contribution in [3.8, 4) is 0 Å². The van der Waals surface area contributed by atoms with Crippen molar-refractivity contribution in [3.63, 3.8) is 0 Å². The summed E-state index contributed by atoms with van der Waals surface area (Å²) in [5, 5.41) is 1.90. The van der Waals surface area contributed by atoms with Crippen LogP contribution < -0.4 is 4.72 Å². The van der Waals surface area contributed by atoms with Gasteiger partial charge >= 0.3 is 0 Å². The van der Waals surface area contributed by atoms with Gasteiger partial charge < -0.3 is 0 Å². The number of amides is 1. The Labute approximate surface area is 124 Å². The molecule has 0 aliphatic heterocycles. The van der Waals surface area contributed by atoms with E-state index < -0.39 is 15.9 Å². The van der Waals surface area contributed by atoms with Crippen molar-refractivity contribution in [2.45, 2.75) is 0 Å². The monoisotopic (exact) mass is 321 g/mol. The fourth-order valence-corrected chi connectivity index (χ4v) is 2.01. The summed E-state index contributed by atoms with van der Waals surface area (Å²) in [5.74, 6) is -0.613. The van der Waals surface area contributed by atoms with E-state index in [0.29, 0.717) is 5.56 Å². The van der Waals surface area contributed by atoms with E-state index in [0.717, 1.165) is 17.0 Å². The van der Waals surface area contributed by atoms with Crippen LogP contribution in [0.3, 0.4) is 0 Å². The third-order valence-corrected chi connectivity index (χ3v) is 2.85. The Morgan fingerprint density at radius 3 is 2.16 bits per heavy atom. The molecule has 1 N–H and O–H groups in total.